The van der Waals surface area contributed by atoms with Gasteiger partial charge in [0, 0.05) is 31.2 Å². The Hall–Kier alpha value is -2.62. The molecule has 0 saturated carbocycles. The minimum absolute atomic E-state index is 0.930. The van der Waals surface area contributed by atoms with E-state index < -0.39 is 0 Å². The highest BCUT2D eigenvalue weighted by atomic mass is 15.2. The van der Waals surface area contributed by atoms with E-state index in [0.29, 0.717) is 0 Å². The molecular formula is C16H14N4. The number of rotatable bonds is 1. The average molecular weight is 262 g/mol. The zero-order valence-corrected chi connectivity index (χ0v) is 11.0. The van der Waals surface area contributed by atoms with E-state index in [1.54, 1.807) is 12.4 Å². The SMILES string of the molecule is c1ccc2c(c1)NCCN2c1ccc2nccnc2c1. The molecule has 0 unspecified atom stereocenters. The van der Waals surface area contributed by atoms with Crippen LogP contribution in [0.1, 0.15) is 0 Å². The lowest BCUT2D eigenvalue weighted by atomic mass is 10.1. The molecule has 0 spiro atoms. The molecule has 0 bridgehead atoms. The van der Waals surface area contributed by atoms with Gasteiger partial charge in [-0.1, -0.05) is 12.1 Å². The number of hydrogen-bond acceptors (Lipinski definition) is 4. The Bertz CT molecular complexity index is 769. The first kappa shape index (κ1) is 11.2. The van der Waals surface area contributed by atoms with Crippen LogP contribution in [0.3, 0.4) is 0 Å². The molecule has 0 radical (unpaired) electrons. The quantitative estimate of drug-likeness (QED) is 0.731. The molecule has 3 aromatic rings. The van der Waals surface area contributed by atoms with Gasteiger partial charge in [0.25, 0.3) is 0 Å². The van der Waals surface area contributed by atoms with Crippen molar-refractivity contribution in [1.82, 2.24) is 9.97 Å². The van der Waals surface area contributed by atoms with Crippen molar-refractivity contribution in [3.63, 3.8) is 0 Å². The monoisotopic (exact) mass is 262 g/mol. The van der Waals surface area contributed by atoms with Crippen molar-refractivity contribution in [2.45, 2.75) is 0 Å². The molecule has 1 aromatic heterocycles. The van der Waals surface area contributed by atoms with E-state index >= 15 is 0 Å². The normalized spacial score (nSPS) is 13.9. The molecule has 0 amide bonds. The van der Waals surface area contributed by atoms with E-state index in [1.807, 2.05) is 6.07 Å². The highest BCUT2D eigenvalue weighted by molar-refractivity contribution is 5.84. The van der Waals surface area contributed by atoms with E-state index in [4.69, 9.17) is 0 Å². The second-order valence-corrected chi connectivity index (χ2v) is 4.82. The maximum atomic E-state index is 4.39. The van der Waals surface area contributed by atoms with Crippen molar-refractivity contribution in [3.05, 3.63) is 54.9 Å². The summed E-state index contributed by atoms with van der Waals surface area (Å²) < 4.78 is 0. The van der Waals surface area contributed by atoms with Crippen molar-refractivity contribution in [3.8, 4) is 0 Å². The average Bonchev–Trinajstić information content (AvgIpc) is 2.54. The van der Waals surface area contributed by atoms with Gasteiger partial charge in [0.2, 0.25) is 0 Å². The smallest absolute Gasteiger partial charge is 0.0907 e. The molecule has 98 valence electrons. The van der Waals surface area contributed by atoms with Crippen molar-refractivity contribution >= 4 is 28.1 Å². The first-order valence-electron chi connectivity index (χ1n) is 6.73. The van der Waals surface area contributed by atoms with Crippen LogP contribution in [0.25, 0.3) is 11.0 Å². The van der Waals surface area contributed by atoms with Crippen LogP contribution in [-0.4, -0.2) is 23.1 Å². The van der Waals surface area contributed by atoms with Crippen LogP contribution in [0.15, 0.2) is 54.9 Å². The van der Waals surface area contributed by atoms with Gasteiger partial charge in [-0.25, -0.2) is 0 Å². The fourth-order valence-corrected chi connectivity index (χ4v) is 2.67. The third-order valence-electron chi connectivity index (χ3n) is 3.61. The molecule has 4 rings (SSSR count). The largest absolute Gasteiger partial charge is 0.382 e. The third-order valence-corrected chi connectivity index (χ3v) is 3.61. The Kier molecular flexibility index (Phi) is 2.52. The van der Waals surface area contributed by atoms with E-state index in [-0.39, 0.29) is 0 Å². The Morgan fingerprint density at radius 2 is 1.80 bits per heavy atom. The Morgan fingerprint density at radius 3 is 2.75 bits per heavy atom. The van der Waals surface area contributed by atoms with E-state index in [1.165, 1.54) is 11.4 Å². The van der Waals surface area contributed by atoms with Gasteiger partial charge < -0.3 is 10.2 Å². The minimum atomic E-state index is 0.930. The van der Waals surface area contributed by atoms with E-state index in [0.717, 1.165) is 29.8 Å². The lowest BCUT2D eigenvalue weighted by Crippen LogP contribution is -2.29. The minimum Gasteiger partial charge on any atom is -0.382 e. The van der Waals surface area contributed by atoms with Crippen molar-refractivity contribution in [1.29, 1.82) is 0 Å². The summed E-state index contributed by atoms with van der Waals surface area (Å²) in [4.78, 5) is 11.0. The summed E-state index contributed by atoms with van der Waals surface area (Å²) in [6.45, 7) is 1.89. The molecule has 0 fully saturated rings. The summed E-state index contributed by atoms with van der Waals surface area (Å²) in [5.41, 5.74) is 5.41. The van der Waals surface area contributed by atoms with Crippen molar-refractivity contribution < 1.29 is 0 Å². The van der Waals surface area contributed by atoms with Crippen LogP contribution in [-0.2, 0) is 0 Å². The topological polar surface area (TPSA) is 41.0 Å². The number of nitrogens with zero attached hydrogens (tertiary/aromatic N) is 3. The number of anilines is 3. The van der Waals surface area contributed by atoms with Gasteiger partial charge in [0.15, 0.2) is 0 Å². The summed E-state index contributed by atoms with van der Waals surface area (Å²) in [7, 11) is 0. The standard InChI is InChI=1S/C16H14N4/c1-2-4-16-14(3-1)19-9-10-20(16)12-5-6-13-15(11-12)18-8-7-17-13/h1-8,11,19H,9-10H2. The molecule has 0 saturated heterocycles. The van der Waals surface area contributed by atoms with Crippen molar-refractivity contribution in [2.75, 3.05) is 23.3 Å². The Balaban J connectivity index is 1.84. The summed E-state index contributed by atoms with van der Waals surface area (Å²) in [6, 6.07) is 14.6. The van der Waals surface area contributed by atoms with Crippen LogP contribution >= 0.6 is 0 Å². The number of hydrogen-bond donors (Lipinski definition) is 1. The Morgan fingerprint density at radius 1 is 0.950 bits per heavy atom. The number of fused-ring (bicyclic) bond motifs is 2. The molecule has 0 atom stereocenters. The van der Waals surface area contributed by atoms with Crippen LogP contribution in [0, 0.1) is 0 Å². The fourth-order valence-electron chi connectivity index (χ4n) is 2.67. The number of para-hydroxylation sites is 2. The molecule has 2 heterocycles. The van der Waals surface area contributed by atoms with Crippen LogP contribution < -0.4 is 10.2 Å². The molecule has 4 heteroatoms. The molecule has 1 aliphatic rings. The second kappa shape index (κ2) is 4.49. The van der Waals surface area contributed by atoms with Crippen LogP contribution in [0.5, 0.6) is 0 Å². The molecular weight excluding hydrogens is 248 g/mol. The molecule has 2 aromatic carbocycles. The van der Waals surface area contributed by atoms with Gasteiger partial charge in [-0.05, 0) is 30.3 Å². The van der Waals surface area contributed by atoms with Gasteiger partial charge >= 0.3 is 0 Å². The van der Waals surface area contributed by atoms with Crippen LogP contribution in [0.4, 0.5) is 17.1 Å². The van der Waals surface area contributed by atoms with E-state index in [9.17, 15) is 0 Å². The third kappa shape index (κ3) is 1.77. The zero-order valence-electron chi connectivity index (χ0n) is 11.0. The highest BCUT2D eigenvalue weighted by Crippen LogP contribution is 2.34. The predicted molar refractivity (Wildman–Crippen MR) is 81.5 cm³/mol. The molecule has 1 N–H and O–H groups in total. The lowest BCUT2D eigenvalue weighted by molar-refractivity contribution is 0.927. The predicted octanol–water partition coefficient (Wildman–Crippen LogP) is 3.19. The van der Waals surface area contributed by atoms with Crippen molar-refractivity contribution in [2.24, 2.45) is 0 Å². The second-order valence-electron chi connectivity index (χ2n) is 4.82. The Labute approximate surface area is 117 Å². The number of nitrogens with one attached hydrogen (secondary N) is 1. The van der Waals surface area contributed by atoms with Gasteiger partial charge in [-0.3, -0.25) is 9.97 Å². The van der Waals surface area contributed by atoms with Gasteiger partial charge in [0.1, 0.15) is 0 Å². The first-order valence-corrected chi connectivity index (χ1v) is 6.73. The summed E-state index contributed by atoms with van der Waals surface area (Å²) in [5, 5.41) is 3.43. The molecule has 20 heavy (non-hydrogen) atoms. The summed E-state index contributed by atoms with van der Waals surface area (Å²) >= 11 is 0. The van der Waals surface area contributed by atoms with Gasteiger partial charge in [-0.15, -0.1) is 0 Å². The van der Waals surface area contributed by atoms with Crippen LogP contribution in [0.2, 0.25) is 0 Å². The van der Waals surface area contributed by atoms with Gasteiger partial charge in [0.05, 0.1) is 22.4 Å². The number of aromatic nitrogens is 2. The first-order chi connectivity index (χ1) is 9.92. The highest BCUT2D eigenvalue weighted by Gasteiger charge is 2.17. The molecule has 4 nitrogen and oxygen atoms in total. The number of benzene rings is 2. The zero-order chi connectivity index (χ0) is 13.4. The van der Waals surface area contributed by atoms with E-state index in [2.05, 4.69) is 56.6 Å². The summed E-state index contributed by atoms with van der Waals surface area (Å²) in [5.74, 6) is 0. The molecule has 0 aliphatic carbocycles. The van der Waals surface area contributed by atoms with Gasteiger partial charge in [-0.2, -0.15) is 0 Å². The fraction of sp³-hybridized carbons (Fsp3) is 0.125. The maximum absolute atomic E-state index is 4.39. The summed E-state index contributed by atoms with van der Waals surface area (Å²) in [6.07, 6.45) is 3.46. The maximum Gasteiger partial charge on any atom is 0.0907 e. The lowest BCUT2D eigenvalue weighted by Gasteiger charge is -2.32. The molecule has 1 aliphatic heterocycles.